The Hall–Kier alpha value is -1.03. The van der Waals surface area contributed by atoms with Gasteiger partial charge in [0.2, 0.25) is 0 Å². The van der Waals surface area contributed by atoms with Crippen LogP contribution in [0.4, 0.5) is 5.82 Å². The summed E-state index contributed by atoms with van der Waals surface area (Å²) in [7, 11) is 0. The summed E-state index contributed by atoms with van der Waals surface area (Å²) in [4.78, 5) is 2.31. The smallest absolute Gasteiger partial charge is 0.153 e. The minimum absolute atomic E-state index is 0.325. The molecule has 0 spiro atoms. The fourth-order valence-electron chi connectivity index (χ4n) is 2.46. The van der Waals surface area contributed by atoms with Gasteiger partial charge in [-0.1, -0.05) is 0 Å². The van der Waals surface area contributed by atoms with Gasteiger partial charge in [0.25, 0.3) is 0 Å². The highest BCUT2D eigenvalue weighted by molar-refractivity contribution is 5.50. The van der Waals surface area contributed by atoms with Crippen molar-refractivity contribution in [2.45, 2.75) is 38.1 Å². The van der Waals surface area contributed by atoms with E-state index < -0.39 is 0 Å². The van der Waals surface area contributed by atoms with Crippen molar-refractivity contribution in [3.05, 3.63) is 11.3 Å². The number of rotatable bonds is 2. The van der Waals surface area contributed by atoms with Gasteiger partial charge in [-0.25, -0.2) is 0 Å². The number of nitrogens with one attached hydrogen (secondary N) is 1. The first kappa shape index (κ1) is 9.21. The van der Waals surface area contributed by atoms with Gasteiger partial charge in [-0.3, -0.25) is 5.10 Å². The highest BCUT2D eigenvalue weighted by Crippen LogP contribution is 2.42. The van der Waals surface area contributed by atoms with E-state index in [2.05, 4.69) is 22.0 Å². The lowest BCUT2D eigenvalue weighted by atomic mass is 10.2. The van der Waals surface area contributed by atoms with E-state index in [1.54, 1.807) is 0 Å². The maximum atomic E-state index is 5.91. The molecule has 2 heterocycles. The molecule has 0 amide bonds. The Morgan fingerprint density at radius 3 is 2.80 bits per heavy atom. The van der Waals surface area contributed by atoms with E-state index in [-0.39, 0.29) is 0 Å². The van der Waals surface area contributed by atoms with Crippen LogP contribution in [-0.4, -0.2) is 29.3 Å². The van der Waals surface area contributed by atoms with Gasteiger partial charge in [0.05, 0.1) is 0 Å². The van der Waals surface area contributed by atoms with Gasteiger partial charge >= 0.3 is 0 Å². The summed E-state index contributed by atoms with van der Waals surface area (Å²) in [5.41, 5.74) is 8.60. The van der Waals surface area contributed by atoms with Crippen molar-refractivity contribution in [2.24, 2.45) is 5.73 Å². The van der Waals surface area contributed by atoms with E-state index in [0.717, 1.165) is 31.2 Å². The minimum atomic E-state index is 0.325. The molecule has 1 aromatic rings. The zero-order valence-corrected chi connectivity index (χ0v) is 9.16. The minimum Gasteiger partial charge on any atom is -0.353 e. The van der Waals surface area contributed by atoms with Crippen LogP contribution in [0.3, 0.4) is 0 Å². The average Bonchev–Trinajstić information content (AvgIpc) is 2.86. The Kier molecular flexibility index (Phi) is 1.99. The third kappa shape index (κ3) is 1.53. The number of nitrogens with zero attached hydrogens (tertiary/aromatic N) is 2. The third-order valence-corrected chi connectivity index (χ3v) is 3.53. The van der Waals surface area contributed by atoms with Crippen LogP contribution in [0.5, 0.6) is 0 Å². The van der Waals surface area contributed by atoms with Gasteiger partial charge in [-0.15, -0.1) is 0 Å². The molecule has 3 rings (SSSR count). The molecule has 1 unspecified atom stereocenters. The Morgan fingerprint density at radius 1 is 1.40 bits per heavy atom. The number of anilines is 1. The average molecular weight is 206 g/mol. The number of nitrogens with two attached hydrogens (primary N) is 1. The van der Waals surface area contributed by atoms with Gasteiger partial charge in [0.15, 0.2) is 5.82 Å². The fourth-order valence-corrected chi connectivity index (χ4v) is 2.46. The summed E-state index contributed by atoms with van der Waals surface area (Å²) in [5, 5.41) is 7.63. The van der Waals surface area contributed by atoms with Gasteiger partial charge < -0.3 is 10.6 Å². The van der Waals surface area contributed by atoms with Crippen LogP contribution in [0.25, 0.3) is 0 Å². The molecule has 1 saturated carbocycles. The van der Waals surface area contributed by atoms with Crippen LogP contribution in [-0.2, 0) is 0 Å². The van der Waals surface area contributed by atoms with E-state index in [0.29, 0.717) is 6.04 Å². The van der Waals surface area contributed by atoms with Gasteiger partial charge in [0, 0.05) is 36.3 Å². The summed E-state index contributed by atoms with van der Waals surface area (Å²) >= 11 is 0. The molecule has 0 bridgehead atoms. The standard InChI is InChI=1S/C11H18N4/c1-7-10(8-2-3-8)13-14-11(7)15-5-4-9(12)6-15/h8-9H,2-6,12H2,1H3,(H,13,14). The summed E-state index contributed by atoms with van der Waals surface area (Å²) < 4.78 is 0. The van der Waals surface area contributed by atoms with Crippen molar-refractivity contribution < 1.29 is 0 Å². The summed E-state index contributed by atoms with van der Waals surface area (Å²) in [5.74, 6) is 1.88. The van der Waals surface area contributed by atoms with Crippen molar-refractivity contribution >= 4 is 5.82 Å². The number of aromatic amines is 1. The normalized spacial score (nSPS) is 26.3. The molecule has 15 heavy (non-hydrogen) atoms. The van der Waals surface area contributed by atoms with Crippen LogP contribution in [0.2, 0.25) is 0 Å². The first-order valence-corrected chi connectivity index (χ1v) is 5.81. The SMILES string of the molecule is Cc1c(N2CCC(N)C2)n[nH]c1C1CC1. The number of hydrogen-bond donors (Lipinski definition) is 2. The molecule has 1 atom stereocenters. The molecular weight excluding hydrogens is 188 g/mol. The van der Waals surface area contributed by atoms with Crippen molar-refractivity contribution in [2.75, 3.05) is 18.0 Å². The largest absolute Gasteiger partial charge is 0.353 e. The molecule has 4 nitrogen and oxygen atoms in total. The first-order chi connectivity index (χ1) is 7.25. The van der Waals surface area contributed by atoms with Crippen molar-refractivity contribution in [1.82, 2.24) is 10.2 Å². The highest BCUT2D eigenvalue weighted by Gasteiger charge is 2.30. The molecule has 1 saturated heterocycles. The van der Waals surface area contributed by atoms with E-state index >= 15 is 0 Å². The monoisotopic (exact) mass is 206 g/mol. The Bertz CT molecular complexity index is 367. The van der Waals surface area contributed by atoms with Gasteiger partial charge in [-0.2, -0.15) is 5.10 Å². The van der Waals surface area contributed by atoms with Gasteiger partial charge in [-0.05, 0) is 26.2 Å². The number of aromatic nitrogens is 2. The van der Waals surface area contributed by atoms with Gasteiger partial charge in [0.1, 0.15) is 0 Å². The van der Waals surface area contributed by atoms with Crippen molar-refractivity contribution in [1.29, 1.82) is 0 Å². The predicted octanol–water partition coefficient (Wildman–Crippen LogP) is 1.13. The third-order valence-electron chi connectivity index (χ3n) is 3.53. The molecule has 2 aliphatic rings. The van der Waals surface area contributed by atoms with E-state index in [1.807, 2.05) is 0 Å². The first-order valence-electron chi connectivity index (χ1n) is 5.81. The lowest BCUT2D eigenvalue weighted by molar-refractivity contribution is 0.751. The Balaban J connectivity index is 1.85. The second kappa shape index (κ2) is 3.23. The second-order valence-electron chi connectivity index (χ2n) is 4.85. The van der Waals surface area contributed by atoms with Crippen LogP contribution in [0.1, 0.15) is 36.4 Å². The van der Waals surface area contributed by atoms with Crippen LogP contribution < -0.4 is 10.6 Å². The summed E-state index contributed by atoms with van der Waals surface area (Å²) in [6.45, 7) is 4.18. The quantitative estimate of drug-likeness (QED) is 0.762. The summed E-state index contributed by atoms with van der Waals surface area (Å²) in [6.07, 6.45) is 3.73. The molecule has 0 aromatic carbocycles. The van der Waals surface area contributed by atoms with Crippen LogP contribution in [0, 0.1) is 6.92 Å². The Morgan fingerprint density at radius 2 is 2.20 bits per heavy atom. The molecule has 1 aromatic heterocycles. The topological polar surface area (TPSA) is 57.9 Å². The molecule has 1 aliphatic carbocycles. The predicted molar refractivity (Wildman–Crippen MR) is 60.1 cm³/mol. The molecule has 82 valence electrons. The van der Waals surface area contributed by atoms with Crippen LogP contribution >= 0.6 is 0 Å². The lowest BCUT2D eigenvalue weighted by Gasteiger charge is -2.15. The number of hydrogen-bond acceptors (Lipinski definition) is 3. The molecule has 0 radical (unpaired) electrons. The van der Waals surface area contributed by atoms with E-state index in [4.69, 9.17) is 5.73 Å². The molecular formula is C11H18N4. The molecule has 1 aliphatic heterocycles. The van der Waals surface area contributed by atoms with E-state index in [1.165, 1.54) is 24.1 Å². The number of H-pyrrole nitrogens is 1. The fraction of sp³-hybridized carbons (Fsp3) is 0.727. The molecule has 3 N–H and O–H groups in total. The zero-order chi connectivity index (χ0) is 10.4. The summed E-state index contributed by atoms with van der Waals surface area (Å²) in [6, 6.07) is 0.325. The maximum Gasteiger partial charge on any atom is 0.153 e. The molecule has 2 fully saturated rings. The van der Waals surface area contributed by atoms with Crippen molar-refractivity contribution in [3.63, 3.8) is 0 Å². The van der Waals surface area contributed by atoms with E-state index in [9.17, 15) is 0 Å². The van der Waals surface area contributed by atoms with Crippen LogP contribution in [0.15, 0.2) is 0 Å². The second-order valence-corrected chi connectivity index (χ2v) is 4.85. The van der Waals surface area contributed by atoms with Crippen molar-refractivity contribution in [3.8, 4) is 0 Å². The lowest BCUT2D eigenvalue weighted by Crippen LogP contribution is -2.26. The Labute approximate surface area is 89.8 Å². The maximum absolute atomic E-state index is 5.91. The highest BCUT2D eigenvalue weighted by atomic mass is 15.3. The molecule has 4 heteroatoms. The zero-order valence-electron chi connectivity index (χ0n) is 9.16.